The molecule has 0 unspecified atom stereocenters. The SMILES string of the molecule is CC(=O)Nc1cccc(Oc2ccc(C(C)C)cc2)c1. The summed E-state index contributed by atoms with van der Waals surface area (Å²) in [4.78, 5) is 11.0. The predicted octanol–water partition coefficient (Wildman–Crippen LogP) is 4.56. The number of carbonyl (C=O) groups excluding carboxylic acids is 1. The van der Waals surface area contributed by atoms with E-state index in [-0.39, 0.29) is 5.91 Å². The van der Waals surface area contributed by atoms with E-state index >= 15 is 0 Å². The van der Waals surface area contributed by atoms with Crippen LogP contribution in [0.5, 0.6) is 11.5 Å². The Morgan fingerprint density at radius 2 is 1.75 bits per heavy atom. The van der Waals surface area contributed by atoms with Crippen LogP contribution in [0.1, 0.15) is 32.3 Å². The minimum atomic E-state index is -0.0940. The van der Waals surface area contributed by atoms with Gasteiger partial charge in [0.15, 0.2) is 0 Å². The summed E-state index contributed by atoms with van der Waals surface area (Å²) in [5.74, 6) is 1.90. The summed E-state index contributed by atoms with van der Waals surface area (Å²) in [5.41, 5.74) is 2.01. The van der Waals surface area contributed by atoms with Gasteiger partial charge in [-0.1, -0.05) is 32.0 Å². The third-order valence-electron chi connectivity index (χ3n) is 2.94. The smallest absolute Gasteiger partial charge is 0.221 e. The van der Waals surface area contributed by atoms with Crippen LogP contribution in [0.3, 0.4) is 0 Å². The first kappa shape index (κ1) is 14.1. The predicted molar refractivity (Wildman–Crippen MR) is 81.4 cm³/mol. The third-order valence-corrected chi connectivity index (χ3v) is 2.94. The standard InChI is InChI=1S/C17H19NO2/c1-12(2)14-7-9-16(10-8-14)20-17-6-4-5-15(11-17)18-13(3)19/h4-12H,1-3H3,(H,18,19). The van der Waals surface area contributed by atoms with Crippen LogP contribution in [0.15, 0.2) is 48.5 Å². The van der Waals surface area contributed by atoms with Crippen molar-refractivity contribution in [2.45, 2.75) is 26.7 Å². The Hall–Kier alpha value is -2.29. The lowest BCUT2D eigenvalue weighted by Crippen LogP contribution is -2.05. The van der Waals surface area contributed by atoms with Gasteiger partial charge < -0.3 is 10.1 Å². The fourth-order valence-electron chi connectivity index (χ4n) is 1.90. The van der Waals surface area contributed by atoms with E-state index < -0.39 is 0 Å². The van der Waals surface area contributed by atoms with Crippen molar-refractivity contribution in [3.05, 3.63) is 54.1 Å². The molecule has 3 heteroatoms. The molecule has 0 aliphatic carbocycles. The first-order valence-electron chi connectivity index (χ1n) is 6.70. The van der Waals surface area contributed by atoms with Crippen LogP contribution >= 0.6 is 0 Å². The van der Waals surface area contributed by atoms with E-state index in [9.17, 15) is 4.79 Å². The summed E-state index contributed by atoms with van der Waals surface area (Å²) in [6.45, 7) is 5.80. The molecule has 0 radical (unpaired) electrons. The van der Waals surface area contributed by atoms with Crippen molar-refractivity contribution >= 4 is 11.6 Å². The number of benzene rings is 2. The molecule has 104 valence electrons. The highest BCUT2D eigenvalue weighted by molar-refractivity contribution is 5.88. The molecule has 0 spiro atoms. The molecule has 0 aliphatic heterocycles. The molecule has 3 nitrogen and oxygen atoms in total. The zero-order chi connectivity index (χ0) is 14.5. The highest BCUT2D eigenvalue weighted by atomic mass is 16.5. The fourth-order valence-corrected chi connectivity index (χ4v) is 1.90. The molecule has 0 saturated carbocycles. The van der Waals surface area contributed by atoms with Gasteiger partial charge in [0, 0.05) is 18.7 Å². The molecular weight excluding hydrogens is 250 g/mol. The topological polar surface area (TPSA) is 38.3 Å². The lowest BCUT2D eigenvalue weighted by Gasteiger charge is -2.10. The Morgan fingerprint density at radius 3 is 2.35 bits per heavy atom. The van der Waals surface area contributed by atoms with Gasteiger partial charge in [-0.05, 0) is 35.7 Å². The average Bonchev–Trinajstić information content (AvgIpc) is 2.39. The van der Waals surface area contributed by atoms with Crippen LogP contribution in [-0.4, -0.2) is 5.91 Å². The van der Waals surface area contributed by atoms with Crippen LogP contribution in [0.25, 0.3) is 0 Å². The molecule has 0 saturated heterocycles. The van der Waals surface area contributed by atoms with Crippen molar-refractivity contribution in [3.63, 3.8) is 0 Å². The molecule has 0 aromatic heterocycles. The van der Waals surface area contributed by atoms with Gasteiger partial charge in [-0.15, -0.1) is 0 Å². The minimum Gasteiger partial charge on any atom is -0.457 e. The Kier molecular flexibility index (Phi) is 4.41. The summed E-state index contributed by atoms with van der Waals surface area (Å²) in [6, 6.07) is 15.4. The Balaban J connectivity index is 2.11. The van der Waals surface area contributed by atoms with Gasteiger partial charge in [0.1, 0.15) is 11.5 Å². The average molecular weight is 269 g/mol. The highest BCUT2D eigenvalue weighted by Gasteiger charge is 2.02. The molecule has 1 N–H and O–H groups in total. The molecule has 2 aromatic carbocycles. The Morgan fingerprint density at radius 1 is 1.05 bits per heavy atom. The van der Waals surface area contributed by atoms with E-state index in [0.29, 0.717) is 11.7 Å². The van der Waals surface area contributed by atoms with Gasteiger partial charge in [0.25, 0.3) is 0 Å². The molecule has 2 aromatic rings. The number of amides is 1. The Labute approximate surface area is 119 Å². The molecule has 20 heavy (non-hydrogen) atoms. The van der Waals surface area contributed by atoms with Crippen molar-refractivity contribution in [2.75, 3.05) is 5.32 Å². The van der Waals surface area contributed by atoms with Crippen LogP contribution in [-0.2, 0) is 4.79 Å². The largest absolute Gasteiger partial charge is 0.457 e. The minimum absolute atomic E-state index is 0.0940. The van der Waals surface area contributed by atoms with E-state index in [1.165, 1.54) is 12.5 Å². The van der Waals surface area contributed by atoms with E-state index in [4.69, 9.17) is 4.74 Å². The Bertz CT molecular complexity index is 588. The molecule has 0 bridgehead atoms. The lowest BCUT2D eigenvalue weighted by molar-refractivity contribution is -0.114. The maximum Gasteiger partial charge on any atom is 0.221 e. The maximum atomic E-state index is 11.0. The van der Waals surface area contributed by atoms with Gasteiger partial charge in [0.2, 0.25) is 5.91 Å². The third kappa shape index (κ3) is 3.85. The molecule has 0 fully saturated rings. The van der Waals surface area contributed by atoms with Crippen LogP contribution in [0, 0.1) is 0 Å². The number of carbonyl (C=O) groups is 1. The second-order valence-electron chi connectivity index (χ2n) is 5.03. The van der Waals surface area contributed by atoms with Crippen molar-refractivity contribution in [3.8, 4) is 11.5 Å². The maximum absolute atomic E-state index is 11.0. The van der Waals surface area contributed by atoms with E-state index in [0.717, 1.165) is 11.4 Å². The molecule has 1 amide bonds. The number of rotatable bonds is 4. The summed E-state index contributed by atoms with van der Waals surface area (Å²) in [5, 5.41) is 2.74. The first-order valence-corrected chi connectivity index (χ1v) is 6.70. The number of anilines is 1. The molecule has 0 aliphatic rings. The number of ether oxygens (including phenoxy) is 1. The highest BCUT2D eigenvalue weighted by Crippen LogP contribution is 2.25. The van der Waals surface area contributed by atoms with Crippen molar-refractivity contribution in [1.82, 2.24) is 0 Å². The second-order valence-corrected chi connectivity index (χ2v) is 5.03. The van der Waals surface area contributed by atoms with E-state index in [2.05, 4.69) is 31.3 Å². The first-order chi connectivity index (χ1) is 9.54. The van der Waals surface area contributed by atoms with Gasteiger partial charge in [-0.2, -0.15) is 0 Å². The number of nitrogens with one attached hydrogen (secondary N) is 1. The molecule has 2 rings (SSSR count). The number of hydrogen-bond donors (Lipinski definition) is 1. The van der Waals surface area contributed by atoms with Crippen LogP contribution in [0.2, 0.25) is 0 Å². The van der Waals surface area contributed by atoms with Crippen molar-refractivity contribution < 1.29 is 9.53 Å². The fraction of sp³-hybridized carbons (Fsp3) is 0.235. The van der Waals surface area contributed by atoms with Gasteiger partial charge >= 0.3 is 0 Å². The van der Waals surface area contributed by atoms with Crippen molar-refractivity contribution in [2.24, 2.45) is 0 Å². The van der Waals surface area contributed by atoms with Gasteiger partial charge in [-0.3, -0.25) is 4.79 Å². The summed E-state index contributed by atoms with van der Waals surface area (Å²) in [6.07, 6.45) is 0. The zero-order valence-corrected chi connectivity index (χ0v) is 12.0. The number of hydrogen-bond acceptors (Lipinski definition) is 2. The van der Waals surface area contributed by atoms with Gasteiger partial charge in [0.05, 0.1) is 0 Å². The zero-order valence-electron chi connectivity index (χ0n) is 12.0. The van der Waals surface area contributed by atoms with Crippen molar-refractivity contribution in [1.29, 1.82) is 0 Å². The molecular formula is C17H19NO2. The summed E-state index contributed by atoms with van der Waals surface area (Å²) >= 11 is 0. The summed E-state index contributed by atoms with van der Waals surface area (Å²) in [7, 11) is 0. The van der Waals surface area contributed by atoms with E-state index in [1.54, 1.807) is 6.07 Å². The molecule has 0 atom stereocenters. The quantitative estimate of drug-likeness (QED) is 0.883. The van der Waals surface area contributed by atoms with Crippen LogP contribution in [0.4, 0.5) is 5.69 Å². The lowest BCUT2D eigenvalue weighted by atomic mass is 10.0. The normalized spacial score (nSPS) is 10.4. The van der Waals surface area contributed by atoms with E-state index in [1.807, 2.05) is 30.3 Å². The summed E-state index contributed by atoms with van der Waals surface area (Å²) < 4.78 is 5.78. The second kappa shape index (κ2) is 6.24. The molecule has 0 heterocycles. The monoisotopic (exact) mass is 269 g/mol. The van der Waals surface area contributed by atoms with Crippen LogP contribution < -0.4 is 10.1 Å². The van der Waals surface area contributed by atoms with Gasteiger partial charge in [-0.25, -0.2) is 0 Å².